The Morgan fingerprint density at radius 1 is 1.29 bits per heavy atom. The molecular weight excluding hydrogens is 310 g/mol. The Balaban J connectivity index is 2.25. The van der Waals surface area contributed by atoms with Crippen LogP contribution in [0.25, 0.3) is 0 Å². The van der Waals surface area contributed by atoms with Gasteiger partial charge in [-0.05, 0) is 48.7 Å². The first kappa shape index (κ1) is 15.8. The molecule has 21 heavy (non-hydrogen) atoms. The average molecular weight is 326 g/mol. The Labute approximate surface area is 129 Å². The number of nitrogens with zero attached hydrogens (tertiary/aromatic N) is 1. The summed E-state index contributed by atoms with van der Waals surface area (Å²) in [7, 11) is -3.65. The van der Waals surface area contributed by atoms with Crippen molar-refractivity contribution in [1.29, 1.82) is 0 Å². The molecule has 0 aliphatic heterocycles. The number of nitrogen functional groups attached to an aromatic ring is 1. The van der Waals surface area contributed by atoms with Gasteiger partial charge in [0.15, 0.2) is 0 Å². The lowest BCUT2D eigenvalue weighted by Gasteiger charge is -2.11. The van der Waals surface area contributed by atoms with Crippen molar-refractivity contribution in [2.75, 3.05) is 5.73 Å². The van der Waals surface area contributed by atoms with E-state index in [2.05, 4.69) is 9.71 Å². The molecule has 0 fully saturated rings. The van der Waals surface area contributed by atoms with Crippen molar-refractivity contribution < 1.29 is 8.42 Å². The van der Waals surface area contributed by atoms with E-state index >= 15 is 0 Å². The molecule has 0 aliphatic carbocycles. The van der Waals surface area contributed by atoms with Crippen LogP contribution in [-0.4, -0.2) is 13.4 Å². The second kappa shape index (κ2) is 6.01. The predicted molar refractivity (Wildman–Crippen MR) is 83.6 cm³/mol. The lowest BCUT2D eigenvalue weighted by atomic mass is 10.2. The number of hydrogen-bond donors (Lipinski definition) is 2. The molecule has 0 radical (unpaired) electrons. The van der Waals surface area contributed by atoms with E-state index in [1.807, 2.05) is 6.92 Å². The number of aromatic nitrogens is 1. The minimum absolute atomic E-state index is 0.105. The number of anilines is 1. The van der Waals surface area contributed by atoms with Crippen molar-refractivity contribution in [3.8, 4) is 0 Å². The Kier molecular flexibility index (Phi) is 4.51. The molecule has 0 amide bonds. The van der Waals surface area contributed by atoms with Gasteiger partial charge in [0, 0.05) is 18.9 Å². The molecule has 0 saturated heterocycles. The maximum Gasteiger partial charge on any atom is 0.240 e. The number of aryl methyl sites for hydroxylation is 2. The largest absolute Gasteiger partial charge is 0.397 e. The lowest BCUT2D eigenvalue weighted by Crippen LogP contribution is -2.24. The fourth-order valence-electron chi connectivity index (χ4n) is 1.87. The van der Waals surface area contributed by atoms with E-state index in [0.29, 0.717) is 10.6 Å². The molecular formula is C14H16ClN3O2S. The van der Waals surface area contributed by atoms with Crippen LogP contribution in [0.3, 0.4) is 0 Å². The normalized spacial score (nSPS) is 11.6. The molecule has 0 atom stereocenters. The number of sulfonamides is 1. The number of benzene rings is 1. The molecule has 3 N–H and O–H groups in total. The first-order valence-corrected chi connectivity index (χ1v) is 8.12. The van der Waals surface area contributed by atoms with Crippen LogP contribution in [0.15, 0.2) is 35.5 Å². The van der Waals surface area contributed by atoms with Gasteiger partial charge in [0.2, 0.25) is 10.0 Å². The number of rotatable bonds is 4. The van der Waals surface area contributed by atoms with Gasteiger partial charge < -0.3 is 5.73 Å². The highest BCUT2D eigenvalue weighted by atomic mass is 35.5. The molecule has 0 saturated carbocycles. The number of halogens is 1. The molecule has 7 heteroatoms. The molecule has 1 aromatic heterocycles. The van der Waals surface area contributed by atoms with Gasteiger partial charge in [0.05, 0.1) is 15.6 Å². The van der Waals surface area contributed by atoms with Crippen molar-refractivity contribution in [3.05, 3.63) is 52.3 Å². The molecule has 5 nitrogen and oxygen atoms in total. The molecule has 112 valence electrons. The Hall–Kier alpha value is -1.63. The van der Waals surface area contributed by atoms with Crippen molar-refractivity contribution >= 4 is 27.3 Å². The van der Waals surface area contributed by atoms with Crippen LogP contribution in [-0.2, 0) is 16.6 Å². The van der Waals surface area contributed by atoms with E-state index < -0.39 is 10.0 Å². The second-order valence-corrected chi connectivity index (χ2v) is 6.92. The first-order valence-electron chi connectivity index (χ1n) is 6.26. The van der Waals surface area contributed by atoms with Crippen LogP contribution in [0.1, 0.15) is 16.7 Å². The van der Waals surface area contributed by atoms with Crippen LogP contribution < -0.4 is 10.5 Å². The smallest absolute Gasteiger partial charge is 0.240 e. The lowest BCUT2D eigenvalue weighted by molar-refractivity contribution is 0.581. The molecule has 0 bridgehead atoms. The summed E-state index contributed by atoms with van der Waals surface area (Å²) >= 11 is 5.95. The predicted octanol–water partition coefficient (Wildman–Crippen LogP) is 2.41. The van der Waals surface area contributed by atoms with Gasteiger partial charge >= 0.3 is 0 Å². The number of nitrogens with one attached hydrogen (secondary N) is 1. The van der Waals surface area contributed by atoms with E-state index in [0.717, 1.165) is 11.1 Å². The van der Waals surface area contributed by atoms with Gasteiger partial charge in [-0.2, -0.15) is 0 Å². The summed E-state index contributed by atoms with van der Waals surface area (Å²) in [6, 6.07) is 4.64. The summed E-state index contributed by atoms with van der Waals surface area (Å²) in [5, 5.41) is 0.374. The van der Waals surface area contributed by atoms with E-state index in [9.17, 15) is 8.42 Å². The fraction of sp³-hybridized carbons (Fsp3) is 0.214. The topological polar surface area (TPSA) is 85.1 Å². The zero-order valence-electron chi connectivity index (χ0n) is 11.7. The van der Waals surface area contributed by atoms with Crippen molar-refractivity contribution in [2.45, 2.75) is 25.3 Å². The summed E-state index contributed by atoms with van der Waals surface area (Å²) in [6.45, 7) is 3.78. The molecule has 1 heterocycles. The van der Waals surface area contributed by atoms with Crippen molar-refractivity contribution in [2.24, 2.45) is 0 Å². The molecule has 2 aromatic rings. The van der Waals surface area contributed by atoms with E-state index in [1.165, 1.54) is 12.1 Å². The summed E-state index contributed by atoms with van der Waals surface area (Å²) in [5.74, 6) is 0. The Morgan fingerprint density at radius 2 is 2.00 bits per heavy atom. The number of nitrogens with two attached hydrogens (primary N) is 1. The molecule has 0 spiro atoms. The van der Waals surface area contributed by atoms with Crippen LogP contribution in [0.2, 0.25) is 5.02 Å². The quantitative estimate of drug-likeness (QED) is 0.845. The number of hydrogen-bond acceptors (Lipinski definition) is 4. The van der Waals surface area contributed by atoms with Crippen LogP contribution in [0, 0.1) is 13.8 Å². The minimum atomic E-state index is -3.65. The highest BCUT2D eigenvalue weighted by Crippen LogP contribution is 2.26. The van der Waals surface area contributed by atoms with E-state index in [-0.39, 0.29) is 17.1 Å². The SMILES string of the molecule is Cc1cnccc1CNS(=O)(=O)c1cc(C)c(Cl)c(N)c1. The zero-order valence-corrected chi connectivity index (χ0v) is 13.3. The first-order chi connectivity index (χ1) is 9.81. The standard InChI is InChI=1S/C14H16ClN3O2S/c1-9-5-12(6-13(16)14(9)15)21(19,20)18-8-11-3-4-17-7-10(11)2/h3-7,18H,8,16H2,1-2H3. The number of pyridine rings is 1. The van der Waals surface area contributed by atoms with Crippen LogP contribution in [0.5, 0.6) is 0 Å². The highest BCUT2D eigenvalue weighted by Gasteiger charge is 2.17. The third-order valence-corrected chi connectivity index (χ3v) is 5.05. The summed E-state index contributed by atoms with van der Waals surface area (Å²) in [4.78, 5) is 4.08. The minimum Gasteiger partial charge on any atom is -0.397 e. The van der Waals surface area contributed by atoms with Gasteiger partial charge in [0.25, 0.3) is 0 Å². The molecule has 2 rings (SSSR count). The molecule has 1 aromatic carbocycles. The van der Waals surface area contributed by atoms with Crippen molar-refractivity contribution in [1.82, 2.24) is 9.71 Å². The monoisotopic (exact) mass is 325 g/mol. The van der Waals surface area contributed by atoms with E-state index in [1.54, 1.807) is 25.4 Å². The van der Waals surface area contributed by atoms with E-state index in [4.69, 9.17) is 17.3 Å². The maximum absolute atomic E-state index is 12.3. The second-order valence-electron chi connectivity index (χ2n) is 4.77. The third kappa shape index (κ3) is 3.53. The third-order valence-electron chi connectivity index (χ3n) is 3.16. The van der Waals surface area contributed by atoms with Gasteiger partial charge in [-0.15, -0.1) is 0 Å². The summed E-state index contributed by atoms with van der Waals surface area (Å²) in [5.41, 5.74) is 8.38. The van der Waals surface area contributed by atoms with Crippen molar-refractivity contribution in [3.63, 3.8) is 0 Å². The summed E-state index contributed by atoms with van der Waals surface area (Å²) in [6.07, 6.45) is 3.31. The highest BCUT2D eigenvalue weighted by molar-refractivity contribution is 7.89. The van der Waals surface area contributed by atoms with Gasteiger partial charge in [0.1, 0.15) is 0 Å². The van der Waals surface area contributed by atoms with Gasteiger partial charge in [-0.1, -0.05) is 11.6 Å². The van der Waals surface area contributed by atoms with Crippen LogP contribution in [0.4, 0.5) is 5.69 Å². The van der Waals surface area contributed by atoms with Crippen LogP contribution >= 0.6 is 11.6 Å². The Morgan fingerprint density at radius 3 is 2.62 bits per heavy atom. The van der Waals surface area contributed by atoms with Gasteiger partial charge in [-0.3, -0.25) is 4.98 Å². The summed E-state index contributed by atoms with van der Waals surface area (Å²) < 4.78 is 27.2. The van der Waals surface area contributed by atoms with Gasteiger partial charge in [-0.25, -0.2) is 13.1 Å². The average Bonchev–Trinajstić information content (AvgIpc) is 2.43. The fourth-order valence-corrected chi connectivity index (χ4v) is 3.11. The molecule has 0 unspecified atom stereocenters. The Bertz CT molecular complexity index is 753. The maximum atomic E-state index is 12.3. The molecule has 0 aliphatic rings. The zero-order chi connectivity index (χ0) is 15.6.